The van der Waals surface area contributed by atoms with Crippen LogP contribution in [0.1, 0.15) is 99.9 Å². The van der Waals surface area contributed by atoms with Gasteiger partial charge in [-0.05, 0) is 181 Å². The summed E-state index contributed by atoms with van der Waals surface area (Å²) in [5.41, 5.74) is 34.3. The fraction of sp³-hybridized carbons (Fsp3) is 0.130. The molecule has 21 rings (SSSR count). The quantitative estimate of drug-likeness (QED) is 0.165. The molecule has 17 aromatic rings. The Bertz CT molecular complexity index is 6330. The molecule has 0 aliphatic heterocycles. The van der Waals surface area contributed by atoms with Crippen LogP contribution < -0.4 is 0 Å². The maximum Gasteiger partial charge on any atom is 0.143 e. The van der Waals surface area contributed by atoms with Gasteiger partial charge in [-0.15, -0.1) is 0 Å². The molecular formula is C92H64O3. The average molecular weight is 1220 g/mol. The minimum absolute atomic E-state index is 0.249. The van der Waals surface area contributed by atoms with E-state index >= 15 is 0 Å². The molecule has 0 spiro atoms. The minimum Gasteiger partial charge on any atom is -0.456 e. The molecule has 0 radical (unpaired) electrons. The predicted octanol–water partition coefficient (Wildman–Crippen LogP) is 25.6. The van der Waals surface area contributed by atoms with Crippen molar-refractivity contribution in [2.45, 2.75) is 77.0 Å². The van der Waals surface area contributed by atoms with Gasteiger partial charge < -0.3 is 13.3 Å². The fourth-order valence-corrected chi connectivity index (χ4v) is 19.2. The SMILES string of the molecule is CC1(C)c2cc(-c3c4ccccc4c(-c4ccccc4)c4ccccc34)ccc2-c2c1c1c(c3oc4cc(-c5ccc6c(oc7ccccc76)c5-c5ccc6c(c5)C(C)(C)c5c-6c6c(c7c5oc5ccccc57)C(C)(C)c5ccccc5-6)ccc4c23)C(C)(C)c2ccccc2-1. The number of hydrogen-bond donors (Lipinski definition) is 0. The smallest absolute Gasteiger partial charge is 0.143 e. The van der Waals surface area contributed by atoms with Crippen LogP contribution in [0.25, 0.3) is 176 Å². The summed E-state index contributed by atoms with van der Waals surface area (Å²) < 4.78 is 22.0. The third-order valence-electron chi connectivity index (χ3n) is 23.3. The van der Waals surface area contributed by atoms with E-state index in [1.807, 2.05) is 0 Å². The lowest BCUT2D eigenvalue weighted by molar-refractivity contribution is 0.616. The highest BCUT2D eigenvalue weighted by Crippen LogP contribution is 2.66. The molecule has 0 fully saturated rings. The van der Waals surface area contributed by atoms with Crippen molar-refractivity contribution in [3.05, 3.63) is 287 Å². The molecule has 4 aliphatic carbocycles. The molecule has 0 saturated carbocycles. The molecule has 3 nitrogen and oxygen atoms in total. The third-order valence-corrected chi connectivity index (χ3v) is 23.3. The number of rotatable bonds is 4. The van der Waals surface area contributed by atoms with Crippen LogP contribution in [0.15, 0.2) is 256 Å². The number of para-hydroxylation sites is 2. The summed E-state index contributed by atoms with van der Waals surface area (Å²) in [6.45, 7) is 19.4. The summed E-state index contributed by atoms with van der Waals surface area (Å²) in [5.74, 6) is 0. The van der Waals surface area contributed by atoms with Crippen molar-refractivity contribution in [1.29, 1.82) is 0 Å². The van der Waals surface area contributed by atoms with E-state index in [-0.39, 0.29) is 16.2 Å². The lowest BCUT2D eigenvalue weighted by Crippen LogP contribution is -2.18. The molecule has 3 heteroatoms. The van der Waals surface area contributed by atoms with Crippen LogP contribution in [0, 0.1) is 0 Å². The molecule has 0 saturated heterocycles. The normalized spacial score (nSPS) is 15.5. The van der Waals surface area contributed by atoms with Gasteiger partial charge in [0, 0.05) is 70.7 Å². The summed E-state index contributed by atoms with van der Waals surface area (Å²) in [4.78, 5) is 0. The molecule has 450 valence electrons. The lowest BCUT2D eigenvalue weighted by atomic mass is 9.75. The van der Waals surface area contributed by atoms with Gasteiger partial charge in [0.15, 0.2) is 0 Å². The summed E-state index contributed by atoms with van der Waals surface area (Å²) in [5, 5.41) is 11.9. The van der Waals surface area contributed by atoms with E-state index in [2.05, 4.69) is 298 Å². The highest BCUT2D eigenvalue weighted by Gasteiger charge is 2.50. The highest BCUT2D eigenvalue weighted by atomic mass is 16.3. The van der Waals surface area contributed by atoms with Crippen LogP contribution in [-0.4, -0.2) is 0 Å². The Hall–Kier alpha value is -11.0. The van der Waals surface area contributed by atoms with Crippen LogP contribution in [0.3, 0.4) is 0 Å². The molecule has 4 aliphatic rings. The summed E-state index contributed by atoms with van der Waals surface area (Å²) in [6.07, 6.45) is 0. The second-order valence-corrected chi connectivity index (χ2v) is 29.6. The minimum atomic E-state index is -0.432. The van der Waals surface area contributed by atoms with E-state index in [9.17, 15) is 0 Å². The van der Waals surface area contributed by atoms with Gasteiger partial charge in [-0.1, -0.05) is 256 Å². The van der Waals surface area contributed by atoms with Crippen LogP contribution >= 0.6 is 0 Å². The Morgan fingerprint density at radius 2 is 0.621 bits per heavy atom. The lowest BCUT2D eigenvalue weighted by Gasteiger charge is -2.27. The van der Waals surface area contributed by atoms with Crippen LogP contribution in [-0.2, 0) is 21.7 Å². The van der Waals surface area contributed by atoms with Gasteiger partial charge in [0.05, 0.1) is 0 Å². The van der Waals surface area contributed by atoms with Crippen LogP contribution in [0.5, 0.6) is 0 Å². The maximum atomic E-state index is 7.68. The van der Waals surface area contributed by atoms with Crippen LogP contribution in [0.2, 0.25) is 0 Å². The fourth-order valence-electron chi connectivity index (χ4n) is 19.2. The zero-order chi connectivity index (χ0) is 63.5. The number of benzene rings is 14. The highest BCUT2D eigenvalue weighted by molar-refractivity contribution is 6.24. The third kappa shape index (κ3) is 6.61. The zero-order valence-corrected chi connectivity index (χ0v) is 54.3. The van der Waals surface area contributed by atoms with E-state index in [1.54, 1.807) is 0 Å². The van der Waals surface area contributed by atoms with Gasteiger partial charge in [0.25, 0.3) is 0 Å². The Labute approximate surface area is 550 Å². The summed E-state index contributed by atoms with van der Waals surface area (Å²) in [6, 6.07) is 90.5. The topological polar surface area (TPSA) is 39.4 Å². The Morgan fingerprint density at radius 3 is 1.28 bits per heavy atom. The van der Waals surface area contributed by atoms with Gasteiger partial charge in [-0.3, -0.25) is 0 Å². The molecule has 0 N–H and O–H groups in total. The van der Waals surface area contributed by atoms with Crippen molar-refractivity contribution in [2.24, 2.45) is 0 Å². The second-order valence-electron chi connectivity index (χ2n) is 29.6. The first-order valence-corrected chi connectivity index (χ1v) is 33.7. The molecule has 0 amide bonds. The number of hydrogen-bond acceptors (Lipinski definition) is 3. The van der Waals surface area contributed by atoms with E-state index < -0.39 is 5.41 Å². The van der Waals surface area contributed by atoms with Crippen molar-refractivity contribution in [2.75, 3.05) is 0 Å². The second kappa shape index (κ2) is 18.0. The average Bonchev–Trinajstić information content (AvgIpc) is 1.51. The molecule has 0 bridgehead atoms. The Morgan fingerprint density at radius 1 is 0.211 bits per heavy atom. The largest absolute Gasteiger partial charge is 0.456 e. The van der Waals surface area contributed by atoms with E-state index in [0.717, 1.165) is 71.9 Å². The van der Waals surface area contributed by atoms with Gasteiger partial charge in [0.2, 0.25) is 0 Å². The maximum absolute atomic E-state index is 7.68. The molecule has 3 heterocycles. The van der Waals surface area contributed by atoms with E-state index in [1.165, 1.54) is 149 Å². The first kappa shape index (κ1) is 53.5. The molecule has 3 aromatic heterocycles. The molecular weight excluding hydrogens is 1150 g/mol. The molecule has 0 atom stereocenters. The molecule has 95 heavy (non-hydrogen) atoms. The van der Waals surface area contributed by atoms with Crippen molar-refractivity contribution >= 4 is 87.4 Å². The zero-order valence-electron chi connectivity index (χ0n) is 54.3. The van der Waals surface area contributed by atoms with E-state index in [0.29, 0.717) is 0 Å². The summed E-state index contributed by atoms with van der Waals surface area (Å²) >= 11 is 0. The van der Waals surface area contributed by atoms with Crippen molar-refractivity contribution in [3.8, 4) is 89.0 Å². The standard InChI is InChI=1S/C92H64O3/c1-89(2)66-34-20-16-31-60(66)76-77-62-42-40-52(47-69(62)92(7,8)84(77)88-81(83(76)89)64-33-19-23-37-71(64)94-88)75-53(44-45-59-54-26-18-22-36-70(54)93-86(59)75)50-38-43-65-72(48-50)95-87-79(65)78-63-41-39-51(46-68(63)91(5,6)82(78)80-61-32-17-21-35-67(61)90(3,4)85(80)87)74-57-29-14-12-27-55(57)73(49-24-10-9-11-25-49)56-28-13-15-30-58(56)74/h9-48H,1-8H3. The number of fused-ring (bicyclic) bond motifs is 29. The van der Waals surface area contributed by atoms with Gasteiger partial charge in [-0.2, -0.15) is 0 Å². The Balaban J connectivity index is 0.787. The van der Waals surface area contributed by atoms with Gasteiger partial charge in [0.1, 0.15) is 33.5 Å². The van der Waals surface area contributed by atoms with Gasteiger partial charge >= 0.3 is 0 Å². The van der Waals surface area contributed by atoms with Crippen LogP contribution in [0.4, 0.5) is 0 Å². The monoisotopic (exact) mass is 1220 g/mol. The molecule has 14 aromatic carbocycles. The summed E-state index contributed by atoms with van der Waals surface area (Å²) in [7, 11) is 0. The van der Waals surface area contributed by atoms with E-state index in [4.69, 9.17) is 13.3 Å². The first-order valence-electron chi connectivity index (χ1n) is 33.7. The van der Waals surface area contributed by atoms with Crippen molar-refractivity contribution in [1.82, 2.24) is 0 Å². The first-order chi connectivity index (χ1) is 46.2. The number of furan rings is 3. The van der Waals surface area contributed by atoms with Gasteiger partial charge in [-0.25, -0.2) is 0 Å². The van der Waals surface area contributed by atoms with Crippen molar-refractivity contribution < 1.29 is 13.3 Å². The molecule has 0 unspecified atom stereocenters. The Kier molecular flexibility index (Phi) is 10.1. The predicted molar refractivity (Wildman–Crippen MR) is 395 cm³/mol. The van der Waals surface area contributed by atoms with Crippen molar-refractivity contribution in [3.63, 3.8) is 0 Å².